The first-order chi connectivity index (χ1) is 19.1. The molecule has 0 bridgehead atoms. The maximum atomic E-state index is 12.4. The van der Waals surface area contributed by atoms with Crippen molar-refractivity contribution >= 4 is 46.5 Å². The lowest BCUT2D eigenvalue weighted by Gasteiger charge is -2.20. The third-order valence-corrected chi connectivity index (χ3v) is 6.32. The predicted octanol–water partition coefficient (Wildman–Crippen LogP) is 7.28. The number of amides is 2. The van der Waals surface area contributed by atoms with Gasteiger partial charge in [-0.3, -0.25) is 10.1 Å². The Bertz CT molecular complexity index is 1620. The van der Waals surface area contributed by atoms with Crippen LogP contribution in [0.4, 0.5) is 22.0 Å². The van der Waals surface area contributed by atoms with Gasteiger partial charge in [-0.15, -0.1) is 0 Å². The lowest BCUT2D eigenvalue weighted by atomic mass is 10.0. The Morgan fingerprint density at radius 2 is 1.85 bits per heavy atom. The highest BCUT2D eigenvalue weighted by molar-refractivity contribution is 6.34. The van der Waals surface area contributed by atoms with Crippen LogP contribution >= 0.6 is 11.6 Å². The fourth-order valence-corrected chi connectivity index (χ4v) is 4.43. The smallest absolute Gasteiger partial charge is 0.412 e. The first kappa shape index (κ1) is 27.0. The van der Waals surface area contributed by atoms with E-state index in [9.17, 15) is 9.59 Å². The number of anilines is 2. The van der Waals surface area contributed by atoms with E-state index in [-0.39, 0.29) is 11.7 Å². The molecule has 1 aliphatic rings. The molecule has 2 aromatic heterocycles. The number of fused-ring (bicyclic) bond motifs is 1. The van der Waals surface area contributed by atoms with Crippen molar-refractivity contribution in [2.45, 2.75) is 32.8 Å². The third-order valence-electron chi connectivity index (χ3n) is 5.99. The van der Waals surface area contributed by atoms with E-state index in [1.807, 2.05) is 18.2 Å². The molecule has 3 heterocycles. The average molecular weight is 559 g/mol. The number of rotatable bonds is 6. The van der Waals surface area contributed by atoms with Crippen molar-refractivity contribution in [2.75, 3.05) is 17.7 Å². The van der Waals surface area contributed by atoms with E-state index in [1.165, 1.54) is 13.4 Å². The first-order valence-corrected chi connectivity index (χ1v) is 12.9. The van der Waals surface area contributed by atoms with Crippen molar-refractivity contribution in [1.82, 2.24) is 4.98 Å². The van der Waals surface area contributed by atoms with Gasteiger partial charge in [-0.05, 0) is 74.9 Å². The number of nitrogens with one attached hydrogen (secondary N) is 2. The largest absolute Gasteiger partial charge is 0.495 e. The van der Waals surface area contributed by atoms with Gasteiger partial charge in [-0.2, -0.15) is 0 Å². The van der Waals surface area contributed by atoms with E-state index in [0.29, 0.717) is 39.9 Å². The normalized spacial score (nSPS) is 12.4. The van der Waals surface area contributed by atoms with Crippen LogP contribution in [0.1, 0.15) is 42.5 Å². The Morgan fingerprint density at radius 1 is 1.02 bits per heavy atom. The summed E-state index contributed by atoms with van der Waals surface area (Å²) in [5.74, 6) is 0.948. The summed E-state index contributed by atoms with van der Waals surface area (Å²) in [5.41, 5.74) is 4.55. The molecule has 2 aromatic carbocycles. The standard InChI is InChI=1S/C30H27ClN4O5/c1-30(2,3)40-29(37)35-23-10-7-17(14-26(23)38-4)19-12-18-13-24(34-27(18)32-16-19)21-15-20(8-9-22(21)31)33-28(36)25-6-5-11-39-25/h5-12,14-16H,13H2,1-4H3,(H,33,36)(H,35,37). The molecule has 204 valence electrons. The molecule has 0 saturated heterocycles. The molecule has 0 fully saturated rings. The van der Waals surface area contributed by atoms with Gasteiger partial charge in [0.05, 0.1) is 24.8 Å². The van der Waals surface area contributed by atoms with Crippen molar-refractivity contribution < 1.29 is 23.5 Å². The van der Waals surface area contributed by atoms with Gasteiger partial charge in [-0.25, -0.2) is 14.8 Å². The Hall–Kier alpha value is -4.63. The van der Waals surface area contributed by atoms with Crippen molar-refractivity contribution in [2.24, 2.45) is 4.99 Å². The Balaban J connectivity index is 1.34. The summed E-state index contributed by atoms with van der Waals surface area (Å²) in [4.78, 5) is 33.9. The van der Waals surface area contributed by atoms with Crippen LogP contribution in [0.25, 0.3) is 11.1 Å². The van der Waals surface area contributed by atoms with Gasteiger partial charge >= 0.3 is 6.09 Å². The summed E-state index contributed by atoms with van der Waals surface area (Å²) >= 11 is 6.52. The van der Waals surface area contributed by atoms with Crippen molar-refractivity contribution in [1.29, 1.82) is 0 Å². The molecule has 2 amide bonds. The van der Waals surface area contributed by atoms with Gasteiger partial charge in [0.1, 0.15) is 11.4 Å². The van der Waals surface area contributed by atoms with Gasteiger partial charge in [0, 0.05) is 40.0 Å². The highest BCUT2D eigenvalue weighted by Crippen LogP contribution is 2.36. The highest BCUT2D eigenvalue weighted by atomic mass is 35.5. The SMILES string of the molecule is COc1cc(-c2cnc3c(c2)CC(c2cc(NC(=O)c4ccco4)ccc2Cl)=N3)ccc1NC(=O)OC(C)(C)C. The number of hydrogen-bond donors (Lipinski definition) is 2. The summed E-state index contributed by atoms with van der Waals surface area (Å²) in [6, 6.07) is 16.0. The van der Waals surface area contributed by atoms with E-state index < -0.39 is 11.7 Å². The summed E-state index contributed by atoms with van der Waals surface area (Å²) in [6.07, 6.45) is 3.13. The van der Waals surface area contributed by atoms with E-state index in [4.69, 9.17) is 30.5 Å². The van der Waals surface area contributed by atoms with Gasteiger partial charge in [0.15, 0.2) is 11.6 Å². The number of hydrogen-bond acceptors (Lipinski definition) is 7. The van der Waals surface area contributed by atoms with E-state index >= 15 is 0 Å². The van der Waals surface area contributed by atoms with Crippen LogP contribution in [-0.2, 0) is 11.2 Å². The lowest BCUT2D eigenvalue weighted by Crippen LogP contribution is -2.27. The Labute approximate surface area is 236 Å². The Morgan fingerprint density at radius 3 is 2.58 bits per heavy atom. The minimum Gasteiger partial charge on any atom is -0.495 e. The number of methoxy groups -OCH3 is 1. The first-order valence-electron chi connectivity index (χ1n) is 12.5. The van der Waals surface area contributed by atoms with Crippen molar-refractivity contribution in [3.05, 3.63) is 89.0 Å². The van der Waals surface area contributed by atoms with Crippen LogP contribution in [-0.4, -0.2) is 35.4 Å². The van der Waals surface area contributed by atoms with Crippen LogP contribution in [0, 0.1) is 0 Å². The second kappa shape index (κ2) is 10.9. The molecule has 1 aliphatic heterocycles. The molecule has 0 radical (unpaired) electrons. The lowest BCUT2D eigenvalue weighted by molar-refractivity contribution is 0.0635. The number of aromatic nitrogens is 1. The highest BCUT2D eigenvalue weighted by Gasteiger charge is 2.22. The molecular weight excluding hydrogens is 532 g/mol. The zero-order valence-corrected chi connectivity index (χ0v) is 23.1. The second-order valence-corrected chi connectivity index (χ2v) is 10.5. The minimum absolute atomic E-state index is 0.212. The van der Waals surface area contributed by atoms with Crippen molar-refractivity contribution in [3.63, 3.8) is 0 Å². The van der Waals surface area contributed by atoms with Crippen molar-refractivity contribution in [3.8, 4) is 16.9 Å². The summed E-state index contributed by atoms with van der Waals surface area (Å²) < 4.78 is 16.0. The molecule has 4 aromatic rings. The summed E-state index contributed by atoms with van der Waals surface area (Å²) in [6.45, 7) is 5.40. The number of furan rings is 1. The van der Waals surface area contributed by atoms with Crippen LogP contribution in [0.2, 0.25) is 5.02 Å². The molecular formula is C30H27ClN4O5. The number of ether oxygens (including phenoxy) is 2. The van der Waals surface area contributed by atoms with Crippen LogP contribution < -0.4 is 15.4 Å². The number of carbonyl (C=O) groups excluding carboxylic acids is 2. The second-order valence-electron chi connectivity index (χ2n) is 10.1. The molecule has 9 nitrogen and oxygen atoms in total. The van der Waals surface area contributed by atoms with Crippen LogP contribution in [0.3, 0.4) is 0 Å². The fraction of sp³-hybridized carbons (Fsp3) is 0.200. The monoisotopic (exact) mass is 558 g/mol. The number of pyridine rings is 1. The van der Waals surface area contributed by atoms with E-state index in [0.717, 1.165) is 22.4 Å². The number of benzene rings is 2. The molecule has 0 aliphatic carbocycles. The molecule has 0 spiro atoms. The molecule has 40 heavy (non-hydrogen) atoms. The van der Waals surface area contributed by atoms with Gasteiger partial charge in [0.2, 0.25) is 0 Å². The number of halogens is 1. The number of aliphatic imine (C=N–C) groups is 1. The van der Waals surface area contributed by atoms with Gasteiger partial charge < -0.3 is 19.2 Å². The predicted molar refractivity (Wildman–Crippen MR) is 154 cm³/mol. The van der Waals surface area contributed by atoms with E-state index in [2.05, 4.69) is 15.6 Å². The molecule has 10 heteroatoms. The Kier molecular flexibility index (Phi) is 7.32. The van der Waals surface area contributed by atoms with E-state index in [1.54, 1.807) is 63.4 Å². The number of nitrogens with zero attached hydrogens (tertiary/aromatic N) is 2. The molecule has 0 atom stereocenters. The maximum absolute atomic E-state index is 12.4. The van der Waals surface area contributed by atoms with Gasteiger partial charge in [0.25, 0.3) is 5.91 Å². The maximum Gasteiger partial charge on any atom is 0.412 e. The molecule has 2 N–H and O–H groups in total. The van der Waals surface area contributed by atoms with Gasteiger partial charge in [-0.1, -0.05) is 17.7 Å². The fourth-order valence-electron chi connectivity index (χ4n) is 4.21. The van der Waals surface area contributed by atoms with Crippen LogP contribution in [0.15, 0.2) is 76.5 Å². The molecule has 5 rings (SSSR count). The molecule has 0 saturated carbocycles. The molecule has 0 unspecified atom stereocenters. The summed E-state index contributed by atoms with van der Waals surface area (Å²) in [7, 11) is 1.54. The quantitative estimate of drug-likeness (QED) is 0.257. The number of carbonyl (C=O) groups is 2. The summed E-state index contributed by atoms with van der Waals surface area (Å²) in [5, 5.41) is 6.06. The topological polar surface area (TPSA) is 115 Å². The zero-order chi connectivity index (χ0) is 28.4. The minimum atomic E-state index is -0.617. The third kappa shape index (κ3) is 6.00. The average Bonchev–Trinajstić information content (AvgIpc) is 3.59. The zero-order valence-electron chi connectivity index (χ0n) is 22.4. The van der Waals surface area contributed by atoms with Crippen LogP contribution in [0.5, 0.6) is 5.75 Å².